The summed E-state index contributed by atoms with van der Waals surface area (Å²) < 4.78 is 0. The number of thioether (sulfide) groups is 1. The lowest BCUT2D eigenvalue weighted by Gasteiger charge is -2.06. The molecule has 3 rings (SSSR count). The molecule has 0 saturated carbocycles. The Morgan fingerprint density at radius 2 is 2.00 bits per heavy atom. The first-order chi connectivity index (χ1) is 10.7. The van der Waals surface area contributed by atoms with E-state index in [1.807, 2.05) is 36.8 Å². The van der Waals surface area contributed by atoms with Crippen molar-refractivity contribution in [2.24, 2.45) is 0 Å². The zero-order valence-corrected chi connectivity index (χ0v) is 14.0. The Hall–Kier alpha value is -1.85. The van der Waals surface area contributed by atoms with Crippen LogP contribution in [-0.2, 0) is 4.79 Å². The third-order valence-corrected chi connectivity index (χ3v) is 5.20. The standard InChI is InChI=1S/C17H16N2OS2/c1-11(21-2)16(20)19-17-18-15(10-22-17)14-9-5-7-12-6-3-4-8-13(12)14/h3-11H,1-2H3,(H,18,19,20). The number of hydrogen-bond donors (Lipinski definition) is 1. The molecule has 0 fully saturated rings. The summed E-state index contributed by atoms with van der Waals surface area (Å²) in [6.07, 6.45) is 1.92. The first-order valence-electron chi connectivity index (χ1n) is 6.96. The van der Waals surface area contributed by atoms with Gasteiger partial charge in [-0.25, -0.2) is 4.98 Å². The third kappa shape index (κ3) is 3.00. The molecule has 1 amide bonds. The molecular weight excluding hydrogens is 312 g/mol. The summed E-state index contributed by atoms with van der Waals surface area (Å²) >= 11 is 2.98. The molecular formula is C17H16N2OS2. The van der Waals surface area contributed by atoms with Gasteiger partial charge in [-0.2, -0.15) is 11.8 Å². The zero-order valence-electron chi connectivity index (χ0n) is 12.4. The van der Waals surface area contributed by atoms with E-state index in [0.717, 1.165) is 11.3 Å². The average Bonchev–Trinajstić information content (AvgIpc) is 3.01. The number of nitrogens with one attached hydrogen (secondary N) is 1. The highest BCUT2D eigenvalue weighted by Crippen LogP contribution is 2.31. The number of rotatable bonds is 4. The molecule has 0 bridgehead atoms. The van der Waals surface area contributed by atoms with Gasteiger partial charge in [-0.15, -0.1) is 11.3 Å². The zero-order chi connectivity index (χ0) is 15.5. The Kier molecular flexibility index (Phi) is 4.45. The van der Waals surface area contributed by atoms with Crippen molar-refractivity contribution >= 4 is 44.9 Å². The first kappa shape index (κ1) is 15.1. The molecule has 0 radical (unpaired) electrons. The normalized spacial score (nSPS) is 12.3. The number of carbonyl (C=O) groups excluding carboxylic acids is 1. The highest BCUT2D eigenvalue weighted by Gasteiger charge is 2.14. The maximum Gasteiger partial charge on any atom is 0.238 e. The van der Waals surface area contributed by atoms with Crippen molar-refractivity contribution in [3.63, 3.8) is 0 Å². The molecule has 0 spiro atoms. The van der Waals surface area contributed by atoms with E-state index in [-0.39, 0.29) is 11.2 Å². The molecule has 0 aliphatic rings. The van der Waals surface area contributed by atoms with E-state index < -0.39 is 0 Å². The van der Waals surface area contributed by atoms with Crippen LogP contribution in [-0.4, -0.2) is 22.4 Å². The Morgan fingerprint density at radius 3 is 2.82 bits per heavy atom. The van der Waals surface area contributed by atoms with E-state index in [4.69, 9.17) is 0 Å². The van der Waals surface area contributed by atoms with Gasteiger partial charge in [0.15, 0.2) is 5.13 Å². The molecule has 0 aliphatic heterocycles. The Morgan fingerprint density at radius 1 is 1.23 bits per heavy atom. The summed E-state index contributed by atoms with van der Waals surface area (Å²) in [5, 5.41) is 7.80. The highest BCUT2D eigenvalue weighted by atomic mass is 32.2. The summed E-state index contributed by atoms with van der Waals surface area (Å²) in [7, 11) is 0. The molecule has 1 heterocycles. The van der Waals surface area contributed by atoms with Gasteiger partial charge in [-0.05, 0) is 24.0 Å². The molecule has 0 aliphatic carbocycles. The minimum absolute atomic E-state index is 0.00804. The van der Waals surface area contributed by atoms with Crippen LogP contribution in [0.2, 0.25) is 0 Å². The van der Waals surface area contributed by atoms with E-state index in [0.29, 0.717) is 5.13 Å². The van der Waals surface area contributed by atoms with Crippen molar-refractivity contribution < 1.29 is 4.79 Å². The van der Waals surface area contributed by atoms with Gasteiger partial charge in [0.1, 0.15) is 0 Å². The van der Waals surface area contributed by atoms with Crippen molar-refractivity contribution in [3.05, 3.63) is 47.8 Å². The van der Waals surface area contributed by atoms with Gasteiger partial charge < -0.3 is 5.32 Å². The molecule has 1 aromatic heterocycles. The summed E-state index contributed by atoms with van der Waals surface area (Å²) in [5.74, 6) is -0.00804. The van der Waals surface area contributed by atoms with E-state index in [1.54, 1.807) is 0 Å². The fraction of sp³-hybridized carbons (Fsp3) is 0.176. The third-order valence-electron chi connectivity index (χ3n) is 3.52. The lowest BCUT2D eigenvalue weighted by atomic mass is 10.0. The van der Waals surface area contributed by atoms with Gasteiger partial charge in [0.25, 0.3) is 0 Å². The number of nitrogens with zero attached hydrogens (tertiary/aromatic N) is 1. The number of thiazole rings is 1. The van der Waals surface area contributed by atoms with Crippen LogP contribution in [0.1, 0.15) is 6.92 Å². The van der Waals surface area contributed by atoms with Crippen LogP contribution in [0.15, 0.2) is 47.8 Å². The molecule has 3 nitrogen and oxygen atoms in total. The molecule has 1 N–H and O–H groups in total. The van der Waals surface area contributed by atoms with Crippen molar-refractivity contribution in [2.75, 3.05) is 11.6 Å². The van der Waals surface area contributed by atoms with Crippen molar-refractivity contribution in [1.29, 1.82) is 0 Å². The molecule has 112 valence electrons. The first-order valence-corrected chi connectivity index (χ1v) is 9.13. The molecule has 3 aromatic rings. The second-order valence-corrected chi connectivity index (χ2v) is 6.97. The summed E-state index contributed by atoms with van der Waals surface area (Å²) in [6.45, 7) is 1.89. The number of fused-ring (bicyclic) bond motifs is 1. The molecule has 2 aromatic carbocycles. The van der Waals surface area contributed by atoms with Crippen LogP contribution >= 0.6 is 23.1 Å². The number of carbonyl (C=O) groups is 1. The van der Waals surface area contributed by atoms with Crippen LogP contribution in [0.3, 0.4) is 0 Å². The lowest BCUT2D eigenvalue weighted by Crippen LogP contribution is -2.21. The van der Waals surface area contributed by atoms with Gasteiger partial charge in [-0.3, -0.25) is 4.79 Å². The van der Waals surface area contributed by atoms with E-state index in [2.05, 4.69) is 34.6 Å². The van der Waals surface area contributed by atoms with Gasteiger partial charge >= 0.3 is 0 Å². The van der Waals surface area contributed by atoms with Crippen molar-refractivity contribution in [2.45, 2.75) is 12.2 Å². The maximum absolute atomic E-state index is 11.9. The van der Waals surface area contributed by atoms with Gasteiger partial charge in [0.2, 0.25) is 5.91 Å². The second-order valence-electron chi connectivity index (χ2n) is 4.93. The molecule has 1 unspecified atom stereocenters. The predicted molar refractivity (Wildman–Crippen MR) is 96.7 cm³/mol. The minimum Gasteiger partial charge on any atom is -0.301 e. The Labute approximate surface area is 137 Å². The van der Waals surface area contributed by atoms with Gasteiger partial charge in [0.05, 0.1) is 10.9 Å². The van der Waals surface area contributed by atoms with E-state index in [9.17, 15) is 4.79 Å². The lowest BCUT2D eigenvalue weighted by molar-refractivity contribution is -0.115. The number of hydrogen-bond acceptors (Lipinski definition) is 4. The number of anilines is 1. The highest BCUT2D eigenvalue weighted by molar-refractivity contribution is 7.99. The van der Waals surface area contributed by atoms with E-state index in [1.165, 1.54) is 33.9 Å². The van der Waals surface area contributed by atoms with Crippen molar-refractivity contribution in [3.8, 4) is 11.3 Å². The predicted octanol–water partition coefficient (Wildman–Crippen LogP) is 4.65. The van der Waals surface area contributed by atoms with Gasteiger partial charge in [-0.1, -0.05) is 42.5 Å². The second kappa shape index (κ2) is 6.50. The van der Waals surface area contributed by atoms with Crippen LogP contribution in [0.4, 0.5) is 5.13 Å². The number of amides is 1. The molecule has 5 heteroatoms. The smallest absolute Gasteiger partial charge is 0.238 e. The maximum atomic E-state index is 11.9. The van der Waals surface area contributed by atoms with Crippen LogP contribution in [0.5, 0.6) is 0 Å². The average molecular weight is 328 g/mol. The van der Waals surface area contributed by atoms with Crippen LogP contribution < -0.4 is 5.32 Å². The van der Waals surface area contributed by atoms with Gasteiger partial charge in [0, 0.05) is 10.9 Å². The SMILES string of the molecule is CSC(C)C(=O)Nc1nc(-c2cccc3ccccc23)cs1. The molecule has 22 heavy (non-hydrogen) atoms. The number of benzene rings is 2. The fourth-order valence-electron chi connectivity index (χ4n) is 2.22. The Balaban J connectivity index is 1.91. The van der Waals surface area contributed by atoms with Crippen LogP contribution in [0.25, 0.3) is 22.0 Å². The summed E-state index contributed by atoms with van der Waals surface area (Å²) in [4.78, 5) is 16.5. The largest absolute Gasteiger partial charge is 0.301 e. The number of aromatic nitrogens is 1. The van der Waals surface area contributed by atoms with E-state index >= 15 is 0 Å². The summed E-state index contributed by atoms with van der Waals surface area (Å²) in [6, 6.07) is 14.4. The topological polar surface area (TPSA) is 42.0 Å². The Bertz CT molecular complexity index is 808. The summed E-state index contributed by atoms with van der Waals surface area (Å²) in [5.41, 5.74) is 1.99. The minimum atomic E-state index is -0.0788. The van der Waals surface area contributed by atoms with Crippen LogP contribution in [0, 0.1) is 0 Å². The quantitative estimate of drug-likeness (QED) is 0.758. The monoisotopic (exact) mass is 328 g/mol. The molecule has 0 saturated heterocycles. The molecule has 1 atom stereocenters. The van der Waals surface area contributed by atoms with Crippen molar-refractivity contribution in [1.82, 2.24) is 4.98 Å². The fourth-order valence-corrected chi connectivity index (χ4v) is 3.20.